The Balaban J connectivity index is 0.00000385. The molecule has 1 saturated carbocycles. The lowest BCUT2D eigenvalue weighted by Gasteiger charge is -2.36. The first kappa shape index (κ1) is 27.5. The van der Waals surface area contributed by atoms with E-state index in [0.717, 1.165) is 68.6 Å². The fourth-order valence-corrected chi connectivity index (χ4v) is 3.87. The van der Waals surface area contributed by atoms with E-state index in [9.17, 15) is 4.79 Å². The van der Waals surface area contributed by atoms with Crippen molar-refractivity contribution in [2.75, 3.05) is 60.0 Å². The van der Waals surface area contributed by atoms with Crippen molar-refractivity contribution in [3.63, 3.8) is 0 Å². The molecule has 186 valence electrons. The predicted octanol–water partition coefficient (Wildman–Crippen LogP) is 2.46. The van der Waals surface area contributed by atoms with Crippen molar-refractivity contribution in [2.24, 2.45) is 4.99 Å². The number of benzene rings is 1. The van der Waals surface area contributed by atoms with Crippen LogP contribution in [-0.2, 0) is 10.2 Å². The summed E-state index contributed by atoms with van der Waals surface area (Å²) in [5.74, 6) is 2.55. The van der Waals surface area contributed by atoms with Crippen LogP contribution in [0.1, 0.15) is 39.2 Å². The van der Waals surface area contributed by atoms with Gasteiger partial charge in [0.2, 0.25) is 5.91 Å². The standard InChI is InChI=1S/C24H39N5O3.HI/c1-6-25-23(29-13-11-28(12-14-29)16-22(30)27-19-8-9-19)26-17-24(2,3)18-7-10-20(31-4)21(15-18)32-5;/h7,10,15,19H,6,8-9,11-14,16-17H2,1-5H3,(H,25,26)(H,27,30);1H. The summed E-state index contributed by atoms with van der Waals surface area (Å²) in [5.41, 5.74) is 0.990. The molecule has 1 saturated heterocycles. The molecule has 1 amide bonds. The van der Waals surface area contributed by atoms with Crippen LogP contribution in [0.5, 0.6) is 11.5 Å². The zero-order valence-electron chi connectivity index (χ0n) is 20.6. The van der Waals surface area contributed by atoms with Gasteiger partial charge in [0.05, 0.1) is 27.3 Å². The highest BCUT2D eigenvalue weighted by atomic mass is 127. The smallest absolute Gasteiger partial charge is 0.234 e. The molecule has 2 aliphatic rings. The van der Waals surface area contributed by atoms with Gasteiger partial charge in [0.15, 0.2) is 17.5 Å². The molecule has 33 heavy (non-hydrogen) atoms. The minimum atomic E-state index is -0.164. The van der Waals surface area contributed by atoms with Gasteiger partial charge in [-0.3, -0.25) is 14.7 Å². The van der Waals surface area contributed by atoms with Crippen LogP contribution in [-0.4, -0.2) is 87.7 Å². The molecule has 0 radical (unpaired) electrons. The highest BCUT2D eigenvalue weighted by Crippen LogP contribution is 2.33. The number of amides is 1. The van der Waals surface area contributed by atoms with Crippen LogP contribution in [0, 0.1) is 0 Å². The minimum Gasteiger partial charge on any atom is -0.493 e. The molecule has 1 aliphatic carbocycles. The summed E-state index contributed by atoms with van der Waals surface area (Å²) in [6.07, 6.45) is 2.25. The second-order valence-electron chi connectivity index (χ2n) is 9.23. The van der Waals surface area contributed by atoms with Gasteiger partial charge in [0.1, 0.15) is 0 Å². The van der Waals surface area contributed by atoms with Crippen LogP contribution in [0.3, 0.4) is 0 Å². The first-order valence-corrected chi connectivity index (χ1v) is 11.6. The average Bonchev–Trinajstić information content (AvgIpc) is 3.60. The molecule has 8 nitrogen and oxygen atoms in total. The molecule has 0 spiro atoms. The van der Waals surface area contributed by atoms with Gasteiger partial charge in [-0.25, -0.2) is 0 Å². The van der Waals surface area contributed by atoms with Crippen LogP contribution in [0.2, 0.25) is 0 Å². The average molecular weight is 574 g/mol. The zero-order valence-corrected chi connectivity index (χ0v) is 23.0. The Bertz CT molecular complexity index is 805. The SMILES string of the molecule is CCNC(=NCC(C)(C)c1ccc(OC)c(OC)c1)N1CCN(CC(=O)NC2CC2)CC1.I. The number of hydrogen-bond donors (Lipinski definition) is 2. The molecule has 0 unspecified atom stereocenters. The summed E-state index contributed by atoms with van der Waals surface area (Å²) in [4.78, 5) is 21.6. The van der Waals surface area contributed by atoms with E-state index in [4.69, 9.17) is 14.5 Å². The monoisotopic (exact) mass is 573 g/mol. The van der Waals surface area contributed by atoms with Gasteiger partial charge in [-0.05, 0) is 37.5 Å². The topological polar surface area (TPSA) is 78.4 Å². The predicted molar refractivity (Wildman–Crippen MR) is 143 cm³/mol. The van der Waals surface area contributed by atoms with Gasteiger partial charge in [0, 0.05) is 44.2 Å². The van der Waals surface area contributed by atoms with Crippen LogP contribution in [0.4, 0.5) is 0 Å². The van der Waals surface area contributed by atoms with Gasteiger partial charge < -0.3 is 25.0 Å². The summed E-state index contributed by atoms with van der Waals surface area (Å²) in [6, 6.07) is 6.48. The number of guanidine groups is 1. The lowest BCUT2D eigenvalue weighted by molar-refractivity contribution is -0.122. The van der Waals surface area contributed by atoms with Crippen molar-refractivity contribution >= 4 is 35.8 Å². The number of piperazine rings is 1. The van der Waals surface area contributed by atoms with Crippen molar-refractivity contribution in [2.45, 2.75) is 45.1 Å². The van der Waals surface area contributed by atoms with E-state index in [1.807, 2.05) is 12.1 Å². The van der Waals surface area contributed by atoms with Crippen molar-refractivity contribution in [1.82, 2.24) is 20.4 Å². The lowest BCUT2D eigenvalue weighted by atomic mass is 9.84. The van der Waals surface area contributed by atoms with Gasteiger partial charge >= 0.3 is 0 Å². The van der Waals surface area contributed by atoms with Crippen LogP contribution < -0.4 is 20.1 Å². The molecule has 1 aromatic rings. The van der Waals surface area contributed by atoms with Crippen LogP contribution >= 0.6 is 24.0 Å². The summed E-state index contributed by atoms with van der Waals surface area (Å²) in [7, 11) is 3.31. The fourth-order valence-electron chi connectivity index (χ4n) is 3.87. The van der Waals surface area contributed by atoms with Gasteiger partial charge in [-0.1, -0.05) is 19.9 Å². The van der Waals surface area contributed by atoms with E-state index >= 15 is 0 Å². The van der Waals surface area contributed by atoms with E-state index in [2.05, 4.69) is 47.3 Å². The number of methoxy groups -OCH3 is 2. The first-order valence-electron chi connectivity index (χ1n) is 11.6. The van der Waals surface area contributed by atoms with Crippen LogP contribution in [0.25, 0.3) is 0 Å². The molecular formula is C24H40IN5O3. The maximum Gasteiger partial charge on any atom is 0.234 e. The molecule has 0 aromatic heterocycles. The maximum atomic E-state index is 12.1. The number of ether oxygens (including phenoxy) is 2. The van der Waals surface area contributed by atoms with Gasteiger partial charge in [0.25, 0.3) is 0 Å². The summed E-state index contributed by atoms with van der Waals surface area (Å²) < 4.78 is 10.8. The van der Waals surface area contributed by atoms with Gasteiger partial charge in [-0.2, -0.15) is 0 Å². The largest absolute Gasteiger partial charge is 0.493 e. The molecule has 2 fully saturated rings. The minimum absolute atomic E-state index is 0. The molecule has 9 heteroatoms. The number of aliphatic imine (C=N–C) groups is 1. The second kappa shape index (κ2) is 12.6. The van der Waals surface area contributed by atoms with Crippen molar-refractivity contribution in [3.05, 3.63) is 23.8 Å². The van der Waals surface area contributed by atoms with Crippen molar-refractivity contribution in [3.8, 4) is 11.5 Å². The molecule has 1 aliphatic heterocycles. The van der Waals surface area contributed by atoms with E-state index < -0.39 is 0 Å². The number of rotatable bonds is 9. The van der Waals surface area contributed by atoms with Crippen molar-refractivity contribution in [1.29, 1.82) is 0 Å². The lowest BCUT2D eigenvalue weighted by Crippen LogP contribution is -2.54. The Labute approximate surface area is 215 Å². The Hall–Kier alpha value is -1.75. The third-order valence-corrected chi connectivity index (χ3v) is 6.11. The molecule has 2 N–H and O–H groups in total. The summed E-state index contributed by atoms with van der Waals surface area (Å²) in [5, 5.41) is 6.52. The summed E-state index contributed by atoms with van der Waals surface area (Å²) in [6.45, 7) is 11.9. The Kier molecular flexibility index (Phi) is 10.5. The van der Waals surface area contributed by atoms with E-state index in [1.165, 1.54) is 0 Å². The number of nitrogens with zero attached hydrogens (tertiary/aromatic N) is 3. The number of carbonyl (C=O) groups is 1. The molecule has 1 aromatic carbocycles. The fraction of sp³-hybridized carbons (Fsp3) is 0.667. The molecular weight excluding hydrogens is 533 g/mol. The Morgan fingerprint density at radius 1 is 1.12 bits per heavy atom. The first-order chi connectivity index (χ1) is 15.4. The third kappa shape index (κ3) is 7.91. The quantitative estimate of drug-likeness (QED) is 0.269. The van der Waals surface area contributed by atoms with E-state index in [1.54, 1.807) is 14.2 Å². The van der Waals surface area contributed by atoms with Crippen LogP contribution in [0.15, 0.2) is 23.2 Å². The zero-order chi connectivity index (χ0) is 23.1. The summed E-state index contributed by atoms with van der Waals surface area (Å²) >= 11 is 0. The number of carbonyl (C=O) groups excluding carboxylic acids is 1. The molecule has 0 bridgehead atoms. The number of halogens is 1. The number of nitrogens with one attached hydrogen (secondary N) is 2. The molecule has 1 heterocycles. The normalized spacial score (nSPS) is 17.2. The second-order valence-corrected chi connectivity index (χ2v) is 9.23. The Morgan fingerprint density at radius 3 is 2.36 bits per heavy atom. The maximum absolute atomic E-state index is 12.1. The Morgan fingerprint density at radius 2 is 1.79 bits per heavy atom. The highest BCUT2D eigenvalue weighted by molar-refractivity contribution is 14.0. The van der Waals surface area contributed by atoms with E-state index in [-0.39, 0.29) is 35.3 Å². The van der Waals surface area contributed by atoms with Gasteiger partial charge in [-0.15, -0.1) is 24.0 Å². The third-order valence-electron chi connectivity index (χ3n) is 6.11. The molecule has 3 rings (SSSR count). The number of hydrogen-bond acceptors (Lipinski definition) is 5. The molecule has 0 atom stereocenters. The highest BCUT2D eigenvalue weighted by Gasteiger charge is 2.27. The van der Waals surface area contributed by atoms with Crippen molar-refractivity contribution < 1.29 is 14.3 Å². The van der Waals surface area contributed by atoms with E-state index in [0.29, 0.717) is 19.1 Å².